The number of rotatable bonds is 8. The Hall–Kier alpha value is -1.55. The summed E-state index contributed by atoms with van der Waals surface area (Å²) in [4.78, 5) is 11.4. The first-order chi connectivity index (χ1) is 9.44. The zero-order chi connectivity index (χ0) is 15.2. The molecule has 1 aromatic carbocycles. The van der Waals surface area contributed by atoms with Crippen molar-refractivity contribution in [3.05, 3.63) is 29.8 Å². The number of carboxylic acid groups (broad SMARTS) is 1. The molecular weight excluding hydrogens is 254 g/mol. The van der Waals surface area contributed by atoms with Gasteiger partial charge in [0.1, 0.15) is 17.9 Å². The second-order valence-electron chi connectivity index (χ2n) is 5.30. The SMILES string of the molecule is CCNC(C)(COc1ccccc1C(C)CC)C(=O)O. The predicted octanol–water partition coefficient (Wildman–Crippen LogP) is 3.03. The molecule has 0 aromatic heterocycles. The molecule has 0 radical (unpaired) electrons. The molecule has 0 saturated heterocycles. The van der Waals surface area contributed by atoms with Gasteiger partial charge in [0, 0.05) is 0 Å². The minimum absolute atomic E-state index is 0.101. The Bertz CT molecular complexity index is 447. The number of benzene rings is 1. The van der Waals surface area contributed by atoms with Crippen molar-refractivity contribution in [2.24, 2.45) is 0 Å². The number of likely N-dealkylation sites (N-methyl/N-ethyl adjacent to an activating group) is 1. The Labute approximate surface area is 121 Å². The molecule has 0 aliphatic carbocycles. The van der Waals surface area contributed by atoms with E-state index in [0.717, 1.165) is 17.7 Å². The fourth-order valence-electron chi connectivity index (χ4n) is 2.04. The molecule has 0 heterocycles. The third-order valence-electron chi connectivity index (χ3n) is 3.62. The molecule has 112 valence electrons. The van der Waals surface area contributed by atoms with Gasteiger partial charge in [-0.1, -0.05) is 39.0 Å². The van der Waals surface area contributed by atoms with Crippen LogP contribution in [0.2, 0.25) is 0 Å². The van der Waals surface area contributed by atoms with Gasteiger partial charge in [0.2, 0.25) is 0 Å². The van der Waals surface area contributed by atoms with Crippen LogP contribution in [0, 0.1) is 0 Å². The Kier molecular flexibility index (Phi) is 6.02. The Morgan fingerprint density at radius 3 is 2.60 bits per heavy atom. The van der Waals surface area contributed by atoms with Crippen molar-refractivity contribution in [1.29, 1.82) is 0 Å². The number of carbonyl (C=O) groups is 1. The average Bonchev–Trinajstić information content (AvgIpc) is 2.44. The van der Waals surface area contributed by atoms with Crippen molar-refractivity contribution in [3.8, 4) is 5.75 Å². The fraction of sp³-hybridized carbons (Fsp3) is 0.562. The molecule has 4 nitrogen and oxygen atoms in total. The van der Waals surface area contributed by atoms with E-state index in [4.69, 9.17) is 4.74 Å². The number of carboxylic acids is 1. The summed E-state index contributed by atoms with van der Waals surface area (Å²) in [5.41, 5.74) is 0.0522. The van der Waals surface area contributed by atoms with E-state index in [9.17, 15) is 9.90 Å². The van der Waals surface area contributed by atoms with Crippen LogP contribution < -0.4 is 10.1 Å². The first-order valence-corrected chi connectivity index (χ1v) is 7.14. The van der Waals surface area contributed by atoms with Gasteiger partial charge < -0.3 is 9.84 Å². The number of hydrogen-bond acceptors (Lipinski definition) is 3. The van der Waals surface area contributed by atoms with Gasteiger partial charge in [-0.25, -0.2) is 0 Å². The van der Waals surface area contributed by atoms with Gasteiger partial charge in [0.25, 0.3) is 0 Å². The summed E-state index contributed by atoms with van der Waals surface area (Å²) in [6.45, 7) is 8.48. The summed E-state index contributed by atoms with van der Waals surface area (Å²) >= 11 is 0. The van der Waals surface area contributed by atoms with E-state index in [2.05, 4.69) is 19.2 Å². The predicted molar refractivity (Wildman–Crippen MR) is 80.4 cm³/mol. The van der Waals surface area contributed by atoms with Crippen LogP contribution in [0.5, 0.6) is 5.75 Å². The van der Waals surface area contributed by atoms with Crippen LogP contribution in [0.25, 0.3) is 0 Å². The minimum atomic E-state index is -1.07. The lowest BCUT2D eigenvalue weighted by atomic mass is 9.97. The summed E-state index contributed by atoms with van der Waals surface area (Å²) in [5.74, 6) is 0.258. The molecule has 2 unspecified atom stereocenters. The molecule has 20 heavy (non-hydrogen) atoms. The van der Waals surface area contributed by atoms with Crippen LogP contribution in [0.1, 0.15) is 45.6 Å². The zero-order valence-corrected chi connectivity index (χ0v) is 12.8. The molecular formula is C16H25NO3. The summed E-state index contributed by atoms with van der Waals surface area (Å²) in [6.07, 6.45) is 1.02. The number of hydrogen-bond donors (Lipinski definition) is 2. The van der Waals surface area contributed by atoms with Crippen molar-refractivity contribution >= 4 is 5.97 Å². The average molecular weight is 279 g/mol. The monoisotopic (exact) mass is 279 g/mol. The largest absolute Gasteiger partial charge is 0.491 e. The summed E-state index contributed by atoms with van der Waals surface area (Å²) in [6, 6.07) is 7.83. The first-order valence-electron chi connectivity index (χ1n) is 7.14. The van der Waals surface area contributed by atoms with Crippen LogP contribution in [0.4, 0.5) is 0 Å². The first kappa shape index (κ1) is 16.5. The molecule has 0 amide bonds. The molecule has 0 fully saturated rings. The van der Waals surface area contributed by atoms with Crippen LogP contribution in [0.15, 0.2) is 24.3 Å². The van der Waals surface area contributed by atoms with Gasteiger partial charge in [-0.2, -0.15) is 0 Å². The van der Waals surface area contributed by atoms with Gasteiger partial charge in [0.15, 0.2) is 0 Å². The topological polar surface area (TPSA) is 58.6 Å². The number of para-hydroxylation sites is 1. The highest BCUT2D eigenvalue weighted by atomic mass is 16.5. The van der Waals surface area contributed by atoms with E-state index in [0.29, 0.717) is 12.5 Å². The standard InChI is InChI=1S/C16H25NO3/c1-5-12(3)13-9-7-8-10-14(13)20-11-16(4,15(18)19)17-6-2/h7-10,12,17H,5-6,11H2,1-4H3,(H,18,19). The summed E-state index contributed by atoms with van der Waals surface area (Å²) in [7, 11) is 0. The molecule has 0 aliphatic rings. The molecule has 0 saturated carbocycles. The molecule has 1 rings (SSSR count). The highest BCUT2D eigenvalue weighted by Gasteiger charge is 2.33. The molecule has 0 spiro atoms. The van der Waals surface area contributed by atoms with E-state index in [1.54, 1.807) is 6.92 Å². The van der Waals surface area contributed by atoms with Crippen molar-refractivity contribution in [2.45, 2.75) is 45.6 Å². The van der Waals surface area contributed by atoms with E-state index < -0.39 is 11.5 Å². The molecule has 1 aromatic rings. The normalized spacial score (nSPS) is 15.4. The van der Waals surface area contributed by atoms with Crippen LogP contribution in [-0.2, 0) is 4.79 Å². The Morgan fingerprint density at radius 1 is 1.40 bits per heavy atom. The third-order valence-corrected chi connectivity index (χ3v) is 3.62. The van der Waals surface area contributed by atoms with Gasteiger partial charge in [-0.15, -0.1) is 0 Å². The lowest BCUT2D eigenvalue weighted by Gasteiger charge is -2.26. The number of ether oxygens (including phenoxy) is 1. The molecule has 4 heteroatoms. The second-order valence-corrected chi connectivity index (χ2v) is 5.30. The van der Waals surface area contributed by atoms with Crippen LogP contribution in [-0.4, -0.2) is 29.8 Å². The molecule has 0 aliphatic heterocycles. The van der Waals surface area contributed by atoms with Gasteiger partial charge >= 0.3 is 5.97 Å². The van der Waals surface area contributed by atoms with E-state index in [-0.39, 0.29) is 6.61 Å². The van der Waals surface area contributed by atoms with E-state index >= 15 is 0 Å². The maximum absolute atomic E-state index is 11.4. The summed E-state index contributed by atoms with van der Waals surface area (Å²) in [5, 5.41) is 12.3. The second kappa shape index (κ2) is 7.29. The smallest absolute Gasteiger partial charge is 0.327 e. The maximum Gasteiger partial charge on any atom is 0.327 e. The van der Waals surface area contributed by atoms with Crippen molar-refractivity contribution in [2.75, 3.05) is 13.2 Å². The van der Waals surface area contributed by atoms with E-state index in [1.807, 2.05) is 31.2 Å². The number of nitrogens with one attached hydrogen (secondary N) is 1. The lowest BCUT2D eigenvalue weighted by molar-refractivity contribution is -0.145. The lowest BCUT2D eigenvalue weighted by Crippen LogP contribution is -2.53. The quantitative estimate of drug-likeness (QED) is 0.768. The highest BCUT2D eigenvalue weighted by Crippen LogP contribution is 2.28. The van der Waals surface area contributed by atoms with Gasteiger partial charge in [-0.3, -0.25) is 10.1 Å². The van der Waals surface area contributed by atoms with Gasteiger partial charge in [0.05, 0.1) is 0 Å². The van der Waals surface area contributed by atoms with E-state index in [1.165, 1.54) is 0 Å². The zero-order valence-electron chi connectivity index (χ0n) is 12.8. The molecule has 2 N–H and O–H groups in total. The number of aliphatic carboxylic acids is 1. The minimum Gasteiger partial charge on any atom is -0.491 e. The van der Waals surface area contributed by atoms with Crippen LogP contribution in [0.3, 0.4) is 0 Å². The third kappa shape index (κ3) is 3.97. The summed E-state index contributed by atoms with van der Waals surface area (Å²) < 4.78 is 5.80. The maximum atomic E-state index is 11.4. The van der Waals surface area contributed by atoms with Gasteiger partial charge in [-0.05, 0) is 37.4 Å². The highest BCUT2D eigenvalue weighted by molar-refractivity contribution is 5.78. The molecule has 0 bridgehead atoms. The van der Waals surface area contributed by atoms with Crippen molar-refractivity contribution < 1.29 is 14.6 Å². The van der Waals surface area contributed by atoms with Crippen LogP contribution >= 0.6 is 0 Å². The Balaban J connectivity index is 2.86. The van der Waals surface area contributed by atoms with Crippen molar-refractivity contribution in [1.82, 2.24) is 5.32 Å². The fourth-order valence-corrected chi connectivity index (χ4v) is 2.04. The van der Waals surface area contributed by atoms with Crippen molar-refractivity contribution in [3.63, 3.8) is 0 Å². The molecule has 2 atom stereocenters. The Morgan fingerprint density at radius 2 is 2.05 bits per heavy atom.